The molecule has 20 heavy (non-hydrogen) atoms. The molecule has 0 radical (unpaired) electrons. The number of halogens is 5. The maximum Gasteiger partial charge on any atom is 0.443 e. The molecular weight excluding hydrogens is 377 g/mol. The van der Waals surface area contributed by atoms with E-state index in [-0.39, 0.29) is 6.04 Å². The summed E-state index contributed by atoms with van der Waals surface area (Å²) in [5.41, 5.74) is 0.800. The van der Waals surface area contributed by atoms with Crippen molar-refractivity contribution in [3.05, 3.63) is 49.3 Å². The summed E-state index contributed by atoms with van der Waals surface area (Å²) in [6.45, 7) is 0. The van der Waals surface area contributed by atoms with Crippen molar-refractivity contribution in [2.24, 2.45) is 0 Å². The van der Waals surface area contributed by atoms with Gasteiger partial charge >= 0.3 is 6.18 Å². The maximum absolute atomic E-state index is 12.6. The standard InChI is InChI=1S/C12H9BrClF3N2S/c1-18-10(7-3-2-6(14)4-8(7)13)9-5-19-11(20-9)12(15,16)17/h2-5,10,18H,1H3. The van der Waals surface area contributed by atoms with Gasteiger partial charge in [0, 0.05) is 20.6 Å². The molecule has 8 heteroatoms. The second kappa shape index (κ2) is 6.01. The number of nitrogens with one attached hydrogen (secondary N) is 1. The average Bonchev–Trinajstić information content (AvgIpc) is 2.82. The lowest BCUT2D eigenvalue weighted by molar-refractivity contribution is -0.137. The van der Waals surface area contributed by atoms with Crippen LogP contribution in [0.4, 0.5) is 13.2 Å². The summed E-state index contributed by atoms with van der Waals surface area (Å²) < 4.78 is 38.5. The van der Waals surface area contributed by atoms with Crippen LogP contribution < -0.4 is 5.32 Å². The lowest BCUT2D eigenvalue weighted by Crippen LogP contribution is -2.17. The van der Waals surface area contributed by atoms with Crippen LogP contribution >= 0.6 is 38.9 Å². The average molecular weight is 386 g/mol. The Hall–Kier alpha value is -0.630. The van der Waals surface area contributed by atoms with Gasteiger partial charge in [-0.05, 0) is 24.7 Å². The monoisotopic (exact) mass is 384 g/mol. The molecule has 0 aliphatic rings. The molecule has 2 rings (SSSR count). The van der Waals surface area contributed by atoms with Crippen LogP contribution in [0.5, 0.6) is 0 Å². The van der Waals surface area contributed by atoms with Crippen molar-refractivity contribution in [1.82, 2.24) is 10.3 Å². The highest BCUT2D eigenvalue weighted by atomic mass is 79.9. The summed E-state index contributed by atoms with van der Waals surface area (Å²) in [4.78, 5) is 3.93. The van der Waals surface area contributed by atoms with Crippen LogP contribution in [0.3, 0.4) is 0 Å². The molecule has 2 aromatic rings. The Morgan fingerprint density at radius 1 is 1.40 bits per heavy atom. The normalized spacial score (nSPS) is 13.5. The van der Waals surface area contributed by atoms with Crippen LogP contribution in [0, 0.1) is 0 Å². The van der Waals surface area contributed by atoms with Crippen LogP contribution in [0.15, 0.2) is 28.9 Å². The quantitative estimate of drug-likeness (QED) is 0.814. The molecule has 0 aliphatic carbocycles. The Kier molecular flexibility index (Phi) is 4.73. The van der Waals surface area contributed by atoms with E-state index in [2.05, 4.69) is 26.2 Å². The summed E-state index contributed by atoms with van der Waals surface area (Å²) in [7, 11) is 1.68. The van der Waals surface area contributed by atoms with Gasteiger partial charge in [0.05, 0.1) is 6.04 Å². The molecule has 0 saturated carbocycles. The molecule has 1 aromatic carbocycles. The lowest BCUT2D eigenvalue weighted by atomic mass is 10.1. The molecule has 1 unspecified atom stereocenters. The van der Waals surface area contributed by atoms with E-state index in [9.17, 15) is 13.2 Å². The van der Waals surface area contributed by atoms with E-state index < -0.39 is 11.2 Å². The number of alkyl halides is 3. The third-order valence-electron chi connectivity index (χ3n) is 2.61. The van der Waals surface area contributed by atoms with Crippen molar-refractivity contribution >= 4 is 38.9 Å². The van der Waals surface area contributed by atoms with E-state index in [1.54, 1.807) is 25.2 Å². The van der Waals surface area contributed by atoms with Gasteiger partial charge in [-0.15, -0.1) is 11.3 Å². The minimum atomic E-state index is -4.42. The predicted octanol–water partition coefficient (Wildman–Crippen LogP) is 4.89. The van der Waals surface area contributed by atoms with E-state index in [0.717, 1.165) is 10.0 Å². The molecular formula is C12H9BrClF3N2S. The molecule has 0 spiro atoms. The Morgan fingerprint density at radius 3 is 2.60 bits per heavy atom. The first-order valence-corrected chi connectivity index (χ1v) is 7.47. The van der Waals surface area contributed by atoms with Gasteiger partial charge in [0.2, 0.25) is 0 Å². The summed E-state index contributed by atoms with van der Waals surface area (Å²) in [6, 6.07) is 4.78. The van der Waals surface area contributed by atoms with Crippen LogP contribution in [0.25, 0.3) is 0 Å². The summed E-state index contributed by atoms with van der Waals surface area (Å²) in [6.07, 6.45) is -3.17. The smallest absolute Gasteiger partial charge is 0.309 e. The van der Waals surface area contributed by atoms with Crippen LogP contribution in [-0.2, 0) is 6.18 Å². The summed E-state index contributed by atoms with van der Waals surface area (Å²) in [5.74, 6) is 0. The highest BCUT2D eigenvalue weighted by Gasteiger charge is 2.35. The Balaban J connectivity index is 2.40. The molecule has 0 fully saturated rings. The molecule has 0 saturated heterocycles. The van der Waals surface area contributed by atoms with Crippen molar-refractivity contribution in [1.29, 1.82) is 0 Å². The fraction of sp³-hybridized carbons (Fsp3) is 0.250. The molecule has 1 atom stereocenters. The molecule has 1 N–H and O–H groups in total. The van der Waals surface area contributed by atoms with Gasteiger partial charge < -0.3 is 5.32 Å². The highest BCUT2D eigenvalue weighted by Crippen LogP contribution is 2.37. The highest BCUT2D eigenvalue weighted by molar-refractivity contribution is 9.10. The Labute approximate surface area is 131 Å². The number of rotatable bonds is 3. The van der Waals surface area contributed by atoms with E-state index >= 15 is 0 Å². The molecule has 1 aromatic heterocycles. The van der Waals surface area contributed by atoms with Gasteiger partial charge in [0.25, 0.3) is 0 Å². The van der Waals surface area contributed by atoms with Gasteiger partial charge in [-0.25, -0.2) is 4.98 Å². The van der Waals surface area contributed by atoms with Crippen LogP contribution in [-0.4, -0.2) is 12.0 Å². The van der Waals surface area contributed by atoms with Crippen molar-refractivity contribution in [3.63, 3.8) is 0 Å². The zero-order chi connectivity index (χ0) is 14.9. The first-order valence-electron chi connectivity index (χ1n) is 5.48. The van der Waals surface area contributed by atoms with Crippen molar-refractivity contribution in [2.75, 3.05) is 7.05 Å². The number of nitrogens with zero attached hydrogens (tertiary/aromatic N) is 1. The van der Waals surface area contributed by atoms with Gasteiger partial charge in [0.1, 0.15) is 0 Å². The first kappa shape index (κ1) is 15.8. The van der Waals surface area contributed by atoms with E-state index in [1.807, 2.05) is 0 Å². The van der Waals surface area contributed by atoms with E-state index in [1.165, 1.54) is 6.20 Å². The van der Waals surface area contributed by atoms with Crippen molar-refractivity contribution in [2.45, 2.75) is 12.2 Å². The zero-order valence-corrected chi connectivity index (χ0v) is 13.3. The van der Waals surface area contributed by atoms with Crippen molar-refractivity contribution in [3.8, 4) is 0 Å². The largest absolute Gasteiger partial charge is 0.443 e. The van der Waals surface area contributed by atoms with Crippen molar-refractivity contribution < 1.29 is 13.2 Å². The summed E-state index contributed by atoms with van der Waals surface area (Å²) in [5, 5.41) is 2.69. The number of benzene rings is 1. The number of hydrogen-bond donors (Lipinski definition) is 1. The van der Waals surface area contributed by atoms with Gasteiger partial charge in [-0.2, -0.15) is 13.2 Å². The van der Waals surface area contributed by atoms with Gasteiger partial charge in [-0.1, -0.05) is 33.6 Å². The molecule has 0 amide bonds. The molecule has 1 heterocycles. The maximum atomic E-state index is 12.6. The van der Waals surface area contributed by atoms with Gasteiger partial charge in [-0.3, -0.25) is 0 Å². The number of aromatic nitrogens is 1. The molecule has 108 valence electrons. The van der Waals surface area contributed by atoms with E-state index in [4.69, 9.17) is 11.6 Å². The molecule has 0 aliphatic heterocycles. The van der Waals surface area contributed by atoms with Crippen LogP contribution in [0.2, 0.25) is 5.02 Å². The minimum absolute atomic E-state index is 0.379. The number of hydrogen-bond acceptors (Lipinski definition) is 3. The minimum Gasteiger partial charge on any atom is -0.309 e. The van der Waals surface area contributed by atoms with Crippen LogP contribution in [0.1, 0.15) is 21.5 Å². The zero-order valence-electron chi connectivity index (χ0n) is 10.1. The fourth-order valence-electron chi connectivity index (χ4n) is 1.74. The fourth-order valence-corrected chi connectivity index (χ4v) is 3.56. The Bertz CT molecular complexity index is 615. The topological polar surface area (TPSA) is 24.9 Å². The third-order valence-corrected chi connectivity index (χ3v) is 4.64. The summed E-state index contributed by atoms with van der Waals surface area (Å²) >= 11 is 9.86. The first-order chi connectivity index (χ1) is 9.32. The second-order valence-corrected chi connectivity index (χ2v) is 6.31. The lowest BCUT2D eigenvalue weighted by Gasteiger charge is -2.16. The predicted molar refractivity (Wildman–Crippen MR) is 77.2 cm³/mol. The Morgan fingerprint density at radius 2 is 2.10 bits per heavy atom. The number of thiazole rings is 1. The van der Waals surface area contributed by atoms with Gasteiger partial charge in [0.15, 0.2) is 5.01 Å². The molecule has 2 nitrogen and oxygen atoms in total. The second-order valence-electron chi connectivity index (χ2n) is 3.95. The SMILES string of the molecule is CNC(c1cnc(C(F)(F)F)s1)c1ccc(Cl)cc1Br. The third kappa shape index (κ3) is 3.33. The van der Waals surface area contributed by atoms with E-state index in [0.29, 0.717) is 21.2 Å². The molecule has 0 bridgehead atoms.